The summed E-state index contributed by atoms with van der Waals surface area (Å²) in [4.78, 5) is 0.269. The number of hydrogen-bond donors (Lipinski definition) is 0. The normalized spacial score (nSPS) is 19.0. The summed E-state index contributed by atoms with van der Waals surface area (Å²) in [5, 5.41) is 3.90. The smallest absolute Gasteiger partial charge is 0.246 e. The van der Waals surface area contributed by atoms with Crippen LogP contribution in [0, 0.1) is 5.92 Å². The van der Waals surface area contributed by atoms with Crippen LogP contribution in [-0.2, 0) is 17.1 Å². The summed E-state index contributed by atoms with van der Waals surface area (Å²) in [7, 11) is -0.0166. The predicted octanol–water partition coefficient (Wildman–Crippen LogP) is 0.839. The Morgan fingerprint density at radius 2 is 2.19 bits per heavy atom. The molecule has 90 valence electrons. The van der Waals surface area contributed by atoms with E-state index in [9.17, 15) is 8.42 Å². The van der Waals surface area contributed by atoms with Crippen molar-refractivity contribution < 1.29 is 8.42 Å². The maximum atomic E-state index is 12.2. The van der Waals surface area contributed by atoms with Crippen LogP contribution in [0.15, 0.2) is 17.3 Å². The maximum Gasteiger partial charge on any atom is 0.246 e. The molecule has 1 atom stereocenters. The van der Waals surface area contributed by atoms with E-state index in [1.807, 2.05) is 6.92 Å². The molecule has 0 aliphatic heterocycles. The molecule has 1 saturated carbocycles. The van der Waals surface area contributed by atoms with Crippen molar-refractivity contribution in [2.75, 3.05) is 7.05 Å². The van der Waals surface area contributed by atoms with Gasteiger partial charge in [0.05, 0.1) is 6.20 Å². The molecule has 16 heavy (non-hydrogen) atoms. The van der Waals surface area contributed by atoms with Gasteiger partial charge in [-0.2, -0.15) is 9.40 Å². The van der Waals surface area contributed by atoms with Gasteiger partial charge in [0.1, 0.15) is 4.90 Å². The van der Waals surface area contributed by atoms with Gasteiger partial charge in [-0.05, 0) is 25.7 Å². The van der Waals surface area contributed by atoms with Crippen LogP contribution in [0.2, 0.25) is 0 Å². The fraction of sp³-hybridized carbons (Fsp3) is 0.700. The van der Waals surface area contributed by atoms with Gasteiger partial charge in [0.15, 0.2) is 0 Å². The van der Waals surface area contributed by atoms with Crippen molar-refractivity contribution >= 4 is 10.0 Å². The van der Waals surface area contributed by atoms with Crippen LogP contribution in [0.1, 0.15) is 19.8 Å². The maximum absolute atomic E-state index is 12.2. The summed E-state index contributed by atoms with van der Waals surface area (Å²) < 4.78 is 27.3. The summed E-state index contributed by atoms with van der Waals surface area (Å²) in [6, 6.07) is 0.0743. The van der Waals surface area contributed by atoms with E-state index >= 15 is 0 Å². The van der Waals surface area contributed by atoms with Crippen LogP contribution in [0.4, 0.5) is 0 Å². The van der Waals surface area contributed by atoms with E-state index in [0.29, 0.717) is 5.92 Å². The topological polar surface area (TPSA) is 55.2 Å². The lowest BCUT2D eigenvalue weighted by molar-refractivity contribution is 0.357. The molecule has 2 rings (SSSR count). The van der Waals surface area contributed by atoms with Gasteiger partial charge in [-0.25, -0.2) is 8.42 Å². The van der Waals surface area contributed by atoms with E-state index in [1.54, 1.807) is 14.1 Å². The molecule has 1 aromatic heterocycles. The third kappa shape index (κ3) is 1.99. The first-order valence-corrected chi connectivity index (χ1v) is 6.83. The van der Waals surface area contributed by atoms with Crippen LogP contribution in [0.5, 0.6) is 0 Å². The second-order valence-corrected chi connectivity index (χ2v) is 6.45. The van der Waals surface area contributed by atoms with Crippen LogP contribution in [0.3, 0.4) is 0 Å². The monoisotopic (exact) mass is 243 g/mol. The fourth-order valence-electron chi connectivity index (χ4n) is 1.79. The number of hydrogen-bond acceptors (Lipinski definition) is 3. The van der Waals surface area contributed by atoms with E-state index in [2.05, 4.69) is 5.10 Å². The first kappa shape index (κ1) is 11.6. The molecule has 1 fully saturated rings. The second-order valence-electron chi connectivity index (χ2n) is 4.45. The Morgan fingerprint density at radius 1 is 1.56 bits per heavy atom. The summed E-state index contributed by atoms with van der Waals surface area (Å²) >= 11 is 0. The number of rotatable bonds is 4. The Kier molecular flexibility index (Phi) is 2.79. The van der Waals surface area contributed by atoms with E-state index in [0.717, 1.165) is 12.8 Å². The molecule has 1 aliphatic rings. The first-order valence-electron chi connectivity index (χ1n) is 5.39. The van der Waals surface area contributed by atoms with Gasteiger partial charge in [-0.3, -0.25) is 4.68 Å². The third-order valence-electron chi connectivity index (χ3n) is 3.24. The van der Waals surface area contributed by atoms with Gasteiger partial charge in [0, 0.05) is 26.3 Å². The lowest BCUT2D eigenvalue weighted by Gasteiger charge is -2.23. The SMILES string of the molecule is C[C@@H](C1CC1)N(C)S(=O)(=O)c1cnn(C)c1. The van der Waals surface area contributed by atoms with Crippen molar-refractivity contribution in [3.63, 3.8) is 0 Å². The number of nitrogens with zero attached hydrogens (tertiary/aromatic N) is 3. The average molecular weight is 243 g/mol. The second kappa shape index (κ2) is 3.85. The highest BCUT2D eigenvalue weighted by Crippen LogP contribution is 2.36. The largest absolute Gasteiger partial charge is 0.274 e. The average Bonchev–Trinajstić information content (AvgIpc) is 2.98. The quantitative estimate of drug-likeness (QED) is 0.787. The fourth-order valence-corrected chi connectivity index (χ4v) is 3.20. The lowest BCUT2D eigenvalue weighted by Crippen LogP contribution is -2.36. The molecule has 0 spiro atoms. The molecule has 1 heterocycles. The molecule has 0 unspecified atom stereocenters. The molecular weight excluding hydrogens is 226 g/mol. The summed E-state index contributed by atoms with van der Waals surface area (Å²) in [6.45, 7) is 1.96. The number of aromatic nitrogens is 2. The Balaban J connectivity index is 2.24. The minimum atomic E-state index is -3.37. The number of sulfonamides is 1. The minimum Gasteiger partial charge on any atom is -0.274 e. The zero-order valence-corrected chi connectivity index (χ0v) is 10.6. The summed E-state index contributed by atoms with van der Waals surface area (Å²) in [5.41, 5.74) is 0. The van der Waals surface area contributed by atoms with Crippen LogP contribution in [0.25, 0.3) is 0 Å². The molecule has 0 saturated heterocycles. The zero-order chi connectivity index (χ0) is 11.9. The van der Waals surface area contributed by atoms with Crippen LogP contribution >= 0.6 is 0 Å². The molecule has 1 aliphatic carbocycles. The number of aryl methyl sites for hydroxylation is 1. The predicted molar refractivity (Wildman–Crippen MR) is 60.3 cm³/mol. The standard InChI is InChI=1S/C10H17N3O2S/c1-8(9-4-5-9)13(3)16(14,15)10-6-11-12(2)7-10/h6-9H,4-5H2,1-3H3/t8-/m0/s1. The summed E-state index contributed by atoms with van der Waals surface area (Å²) in [5.74, 6) is 0.524. The lowest BCUT2D eigenvalue weighted by atomic mass is 10.2. The zero-order valence-electron chi connectivity index (χ0n) is 9.79. The highest BCUT2D eigenvalue weighted by molar-refractivity contribution is 7.89. The van der Waals surface area contributed by atoms with Crippen molar-refractivity contribution in [3.05, 3.63) is 12.4 Å². The van der Waals surface area contributed by atoms with E-state index in [4.69, 9.17) is 0 Å². The molecule has 6 heteroatoms. The Labute approximate surface area is 96.1 Å². The molecule has 0 aromatic carbocycles. The van der Waals surface area contributed by atoms with Gasteiger partial charge in [0.2, 0.25) is 10.0 Å². The van der Waals surface area contributed by atoms with Gasteiger partial charge in [0.25, 0.3) is 0 Å². The van der Waals surface area contributed by atoms with E-state index in [-0.39, 0.29) is 10.9 Å². The molecule has 0 N–H and O–H groups in total. The van der Waals surface area contributed by atoms with Gasteiger partial charge in [-0.1, -0.05) is 0 Å². The molecular formula is C10H17N3O2S. The molecule has 0 radical (unpaired) electrons. The highest BCUT2D eigenvalue weighted by atomic mass is 32.2. The summed E-state index contributed by atoms with van der Waals surface area (Å²) in [6.07, 6.45) is 5.19. The Hall–Kier alpha value is -0.880. The van der Waals surface area contributed by atoms with Crippen molar-refractivity contribution in [3.8, 4) is 0 Å². The van der Waals surface area contributed by atoms with Crippen molar-refractivity contribution in [2.45, 2.75) is 30.7 Å². The Morgan fingerprint density at radius 3 is 2.62 bits per heavy atom. The van der Waals surface area contributed by atoms with Gasteiger partial charge in [-0.15, -0.1) is 0 Å². The molecule has 0 bridgehead atoms. The van der Waals surface area contributed by atoms with Crippen molar-refractivity contribution in [1.82, 2.24) is 14.1 Å². The molecule has 5 nitrogen and oxygen atoms in total. The van der Waals surface area contributed by atoms with Crippen molar-refractivity contribution in [1.29, 1.82) is 0 Å². The minimum absolute atomic E-state index is 0.0743. The third-order valence-corrected chi connectivity index (χ3v) is 5.13. The van der Waals surface area contributed by atoms with E-state index in [1.165, 1.54) is 21.4 Å². The van der Waals surface area contributed by atoms with Gasteiger partial charge >= 0.3 is 0 Å². The van der Waals surface area contributed by atoms with Crippen LogP contribution < -0.4 is 0 Å². The molecule has 1 aromatic rings. The highest BCUT2D eigenvalue weighted by Gasteiger charge is 2.36. The Bertz CT molecular complexity index is 476. The van der Waals surface area contributed by atoms with E-state index < -0.39 is 10.0 Å². The first-order chi connectivity index (χ1) is 7.43. The van der Waals surface area contributed by atoms with Crippen molar-refractivity contribution in [2.24, 2.45) is 13.0 Å². The van der Waals surface area contributed by atoms with Gasteiger partial charge < -0.3 is 0 Å². The van der Waals surface area contributed by atoms with Crippen LogP contribution in [-0.4, -0.2) is 35.6 Å². The molecule has 0 amide bonds.